The Morgan fingerprint density at radius 1 is 0.971 bits per heavy atom. The molecule has 1 saturated heterocycles. The molecule has 174 valence electrons. The fraction of sp³-hybridized carbons (Fsp3) is 0.240. The highest BCUT2D eigenvalue weighted by Crippen LogP contribution is 2.31. The molecule has 0 radical (unpaired) electrons. The van der Waals surface area contributed by atoms with Crippen molar-refractivity contribution in [3.05, 3.63) is 71.9 Å². The molecule has 1 aliphatic heterocycles. The average molecular weight is 465 g/mol. The predicted molar refractivity (Wildman–Crippen MR) is 125 cm³/mol. The van der Waals surface area contributed by atoms with Crippen LogP contribution in [0.1, 0.15) is 35.2 Å². The molecule has 4 aromatic rings. The number of alkyl halides is 3. The van der Waals surface area contributed by atoms with Gasteiger partial charge >= 0.3 is 6.18 Å². The minimum Gasteiger partial charge on any atom is -0.357 e. The van der Waals surface area contributed by atoms with Crippen molar-refractivity contribution in [2.24, 2.45) is 0 Å². The molecule has 0 saturated carbocycles. The van der Waals surface area contributed by atoms with Crippen molar-refractivity contribution in [3.63, 3.8) is 0 Å². The average Bonchev–Trinajstić information content (AvgIpc) is 3.32. The third-order valence-corrected chi connectivity index (χ3v) is 5.87. The number of anilines is 2. The van der Waals surface area contributed by atoms with E-state index in [0.29, 0.717) is 17.1 Å². The van der Waals surface area contributed by atoms with E-state index in [4.69, 9.17) is 4.98 Å². The number of hydrogen-bond donors (Lipinski definition) is 2. The van der Waals surface area contributed by atoms with Crippen molar-refractivity contribution in [3.8, 4) is 11.4 Å². The van der Waals surface area contributed by atoms with E-state index >= 15 is 0 Å². The van der Waals surface area contributed by atoms with Crippen LogP contribution in [0, 0.1) is 0 Å². The van der Waals surface area contributed by atoms with Crippen molar-refractivity contribution >= 4 is 28.4 Å². The molecule has 1 amide bonds. The number of benzene rings is 2. The van der Waals surface area contributed by atoms with Gasteiger partial charge in [-0.1, -0.05) is 18.2 Å². The first-order valence-corrected chi connectivity index (χ1v) is 11.1. The van der Waals surface area contributed by atoms with Gasteiger partial charge in [0.2, 0.25) is 0 Å². The van der Waals surface area contributed by atoms with Crippen molar-refractivity contribution in [1.29, 1.82) is 0 Å². The first-order valence-electron chi connectivity index (χ1n) is 11.1. The second-order valence-electron chi connectivity index (χ2n) is 8.27. The van der Waals surface area contributed by atoms with Crippen LogP contribution in [0.25, 0.3) is 22.4 Å². The van der Waals surface area contributed by atoms with Gasteiger partial charge in [0.15, 0.2) is 11.6 Å². The summed E-state index contributed by atoms with van der Waals surface area (Å²) in [6.07, 6.45) is 0.742. The molecular formula is C25H22F3N5O. The lowest BCUT2D eigenvalue weighted by atomic mass is 10.1. The maximum atomic E-state index is 13.0. The first kappa shape index (κ1) is 21.9. The number of piperidine rings is 1. The van der Waals surface area contributed by atoms with Gasteiger partial charge in [-0.15, -0.1) is 0 Å². The highest BCUT2D eigenvalue weighted by molar-refractivity contribution is 6.04. The Hall–Kier alpha value is -3.88. The zero-order valence-electron chi connectivity index (χ0n) is 18.2. The topological polar surface area (TPSA) is 73.9 Å². The number of H-pyrrole nitrogens is 1. The molecule has 6 nitrogen and oxygen atoms in total. The zero-order valence-corrected chi connectivity index (χ0v) is 18.2. The largest absolute Gasteiger partial charge is 0.416 e. The first-order chi connectivity index (χ1) is 16.4. The van der Waals surface area contributed by atoms with Gasteiger partial charge in [-0.2, -0.15) is 13.2 Å². The van der Waals surface area contributed by atoms with Gasteiger partial charge in [-0.05, 0) is 55.7 Å². The number of carbonyl (C=O) groups is 1. The van der Waals surface area contributed by atoms with E-state index in [2.05, 4.69) is 20.2 Å². The summed E-state index contributed by atoms with van der Waals surface area (Å²) in [5.74, 6) is 0.741. The molecular weight excluding hydrogens is 443 g/mol. The monoisotopic (exact) mass is 465 g/mol. The molecule has 9 heteroatoms. The quantitative estimate of drug-likeness (QED) is 0.394. The molecule has 0 bridgehead atoms. The van der Waals surface area contributed by atoms with E-state index in [-0.39, 0.29) is 5.56 Å². The van der Waals surface area contributed by atoms with Gasteiger partial charge in [0.25, 0.3) is 5.91 Å². The molecule has 0 unspecified atom stereocenters. The highest BCUT2D eigenvalue weighted by Gasteiger charge is 2.31. The molecule has 0 atom stereocenters. The predicted octanol–water partition coefficient (Wildman–Crippen LogP) is 5.89. The van der Waals surface area contributed by atoms with Crippen LogP contribution in [0.5, 0.6) is 0 Å². The molecule has 2 aromatic heterocycles. The SMILES string of the molecule is O=C(Nc1cccc(-c2nc(N3CCCCC3)c3[nH]ccc3n2)c1)c1cccc(C(F)(F)F)c1. The molecule has 0 aliphatic carbocycles. The Morgan fingerprint density at radius 2 is 1.76 bits per heavy atom. The fourth-order valence-corrected chi connectivity index (χ4v) is 4.17. The smallest absolute Gasteiger partial charge is 0.357 e. The molecule has 1 fully saturated rings. The number of rotatable bonds is 4. The summed E-state index contributed by atoms with van der Waals surface area (Å²) < 4.78 is 39.0. The number of nitrogens with zero attached hydrogens (tertiary/aromatic N) is 3. The van der Waals surface area contributed by atoms with Crippen molar-refractivity contribution in [1.82, 2.24) is 15.0 Å². The van der Waals surface area contributed by atoms with Crippen LogP contribution in [0.15, 0.2) is 60.8 Å². The van der Waals surface area contributed by atoms with E-state index in [9.17, 15) is 18.0 Å². The van der Waals surface area contributed by atoms with Gasteiger partial charge < -0.3 is 15.2 Å². The van der Waals surface area contributed by atoms with E-state index in [0.717, 1.165) is 54.9 Å². The standard InChI is InChI=1S/C25H22F3N5O/c26-25(27,28)18-8-4-7-17(14-18)24(34)30-19-9-5-6-16(15-19)22-31-20-10-11-29-21(20)23(32-22)33-12-2-1-3-13-33/h4-11,14-15,29H,1-3,12-13H2,(H,30,34). The minimum atomic E-state index is -4.52. The number of nitrogens with one attached hydrogen (secondary N) is 2. The summed E-state index contributed by atoms with van der Waals surface area (Å²) >= 11 is 0. The lowest BCUT2D eigenvalue weighted by Crippen LogP contribution is -2.30. The maximum Gasteiger partial charge on any atom is 0.416 e. The molecule has 34 heavy (non-hydrogen) atoms. The van der Waals surface area contributed by atoms with Crippen molar-refractivity contribution in [2.45, 2.75) is 25.4 Å². The minimum absolute atomic E-state index is 0.0717. The Kier molecular flexibility index (Phi) is 5.69. The molecule has 3 heterocycles. The lowest BCUT2D eigenvalue weighted by Gasteiger charge is -2.28. The van der Waals surface area contributed by atoms with Crippen LogP contribution in [-0.2, 0) is 6.18 Å². The van der Waals surface area contributed by atoms with Gasteiger partial charge in [0.05, 0.1) is 11.1 Å². The van der Waals surface area contributed by atoms with Gasteiger partial charge in [0, 0.05) is 36.1 Å². The normalized spacial score (nSPS) is 14.4. The summed E-state index contributed by atoms with van der Waals surface area (Å²) in [5.41, 5.74) is 1.88. The number of hydrogen-bond acceptors (Lipinski definition) is 4. The van der Waals surface area contributed by atoms with E-state index in [1.54, 1.807) is 18.2 Å². The number of fused-ring (bicyclic) bond motifs is 1. The van der Waals surface area contributed by atoms with Crippen LogP contribution in [-0.4, -0.2) is 33.9 Å². The fourth-order valence-electron chi connectivity index (χ4n) is 4.17. The Bertz CT molecular complexity index is 1340. The summed E-state index contributed by atoms with van der Waals surface area (Å²) in [5, 5.41) is 2.68. The molecule has 2 N–H and O–H groups in total. The van der Waals surface area contributed by atoms with Crippen LogP contribution < -0.4 is 10.2 Å². The van der Waals surface area contributed by atoms with E-state index < -0.39 is 17.6 Å². The molecule has 1 aliphatic rings. The second kappa shape index (κ2) is 8.81. The summed E-state index contributed by atoms with van der Waals surface area (Å²) in [4.78, 5) is 27.6. The summed E-state index contributed by atoms with van der Waals surface area (Å²) in [6, 6.07) is 13.2. The number of aromatic amines is 1. The van der Waals surface area contributed by atoms with Crippen LogP contribution >= 0.6 is 0 Å². The zero-order chi connectivity index (χ0) is 23.7. The third kappa shape index (κ3) is 4.46. The van der Waals surface area contributed by atoms with Gasteiger partial charge in [0.1, 0.15) is 5.52 Å². The van der Waals surface area contributed by atoms with Crippen molar-refractivity contribution < 1.29 is 18.0 Å². The van der Waals surface area contributed by atoms with Crippen molar-refractivity contribution in [2.75, 3.05) is 23.3 Å². The number of aromatic nitrogens is 3. The molecule has 0 spiro atoms. The number of halogens is 3. The van der Waals surface area contributed by atoms with E-state index in [1.165, 1.54) is 18.6 Å². The molecule has 5 rings (SSSR count). The van der Waals surface area contributed by atoms with Crippen LogP contribution in [0.4, 0.5) is 24.7 Å². The lowest BCUT2D eigenvalue weighted by molar-refractivity contribution is -0.137. The summed E-state index contributed by atoms with van der Waals surface area (Å²) in [6.45, 7) is 1.86. The van der Waals surface area contributed by atoms with E-state index in [1.807, 2.05) is 18.3 Å². The Balaban J connectivity index is 1.44. The Morgan fingerprint density at radius 3 is 2.56 bits per heavy atom. The van der Waals surface area contributed by atoms with Gasteiger partial charge in [-0.25, -0.2) is 9.97 Å². The van der Waals surface area contributed by atoms with Gasteiger partial charge in [-0.3, -0.25) is 4.79 Å². The Labute approximate surface area is 193 Å². The highest BCUT2D eigenvalue weighted by atomic mass is 19.4. The number of amides is 1. The second-order valence-corrected chi connectivity index (χ2v) is 8.27. The summed E-state index contributed by atoms with van der Waals surface area (Å²) in [7, 11) is 0. The molecule has 2 aromatic carbocycles. The third-order valence-electron chi connectivity index (χ3n) is 5.87. The van der Waals surface area contributed by atoms with Crippen LogP contribution in [0.3, 0.4) is 0 Å². The maximum absolute atomic E-state index is 13.0. The number of carbonyl (C=O) groups excluding carboxylic acids is 1. The van der Waals surface area contributed by atoms with Crippen LogP contribution in [0.2, 0.25) is 0 Å².